The molecule has 0 atom stereocenters. The molecule has 0 bridgehead atoms. The van der Waals surface area contributed by atoms with Gasteiger partial charge in [-0.3, -0.25) is 19.7 Å². The number of nitro groups is 1. The van der Waals surface area contributed by atoms with Gasteiger partial charge >= 0.3 is 0 Å². The van der Waals surface area contributed by atoms with Crippen LogP contribution in [0.25, 0.3) is 0 Å². The molecule has 0 aliphatic carbocycles. The summed E-state index contributed by atoms with van der Waals surface area (Å²) in [6.45, 7) is 1.55. The maximum absolute atomic E-state index is 12.2. The van der Waals surface area contributed by atoms with E-state index in [1.807, 2.05) is 0 Å². The summed E-state index contributed by atoms with van der Waals surface area (Å²) in [6, 6.07) is 8.33. The number of nitrogens with zero attached hydrogens (tertiary/aromatic N) is 2. The second kappa shape index (κ2) is 10.2. The van der Waals surface area contributed by atoms with Gasteiger partial charge < -0.3 is 14.8 Å². The van der Waals surface area contributed by atoms with Gasteiger partial charge in [0.25, 0.3) is 11.6 Å². The SMILES string of the molecule is COc1ccc(C(=O)NN=C(C)CC(=O)Nc2cc([N+](=O)[O-])ccc2Cl)cc1OC. The Bertz CT molecular complexity index is 1010. The molecule has 11 heteroatoms. The number of halogens is 1. The number of amides is 2. The Balaban J connectivity index is 2.00. The Hall–Kier alpha value is -3.66. The highest BCUT2D eigenvalue weighted by molar-refractivity contribution is 6.33. The van der Waals surface area contributed by atoms with Crippen molar-refractivity contribution in [2.24, 2.45) is 5.10 Å². The largest absolute Gasteiger partial charge is 0.493 e. The summed E-state index contributed by atoms with van der Waals surface area (Å²) in [7, 11) is 2.94. The van der Waals surface area contributed by atoms with Gasteiger partial charge in [0.2, 0.25) is 5.91 Å². The number of methoxy groups -OCH3 is 2. The number of nitrogens with one attached hydrogen (secondary N) is 2. The van der Waals surface area contributed by atoms with E-state index < -0.39 is 16.7 Å². The standard InChI is InChI=1S/C19H19ClN4O6/c1-11(8-18(25)21-15-10-13(24(27)28)5-6-14(15)20)22-23-19(26)12-4-7-16(29-2)17(9-12)30-3/h4-7,9-10H,8H2,1-3H3,(H,21,25)(H,23,26). The highest BCUT2D eigenvalue weighted by Crippen LogP contribution is 2.28. The number of ether oxygens (including phenoxy) is 2. The van der Waals surface area contributed by atoms with Gasteiger partial charge in [-0.05, 0) is 31.2 Å². The zero-order valence-corrected chi connectivity index (χ0v) is 17.1. The van der Waals surface area contributed by atoms with E-state index in [-0.39, 0.29) is 28.4 Å². The smallest absolute Gasteiger partial charge is 0.271 e. The Morgan fingerprint density at radius 1 is 1.13 bits per heavy atom. The summed E-state index contributed by atoms with van der Waals surface area (Å²) in [6.07, 6.45) is -0.161. The lowest BCUT2D eigenvalue weighted by Gasteiger charge is -2.09. The molecular formula is C19H19ClN4O6. The van der Waals surface area contributed by atoms with Gasteiger partial charge in [-0.2, -0.15) is 5.10 Å². The molecule has 0 unspecified atom stereocenters. The Labute approximate surface area is 177 Å². The molecule has 0 aliphatic rings. The molecule has 2 amide bonds. The minimum atomic E-state index is -0.595. The van der Waals surface area contributed by atoms with Gasteiger partial charge in [0.15, 0.2) is 11.5 Å². The van der Waals surface area contributed by atoms with Crippen LogP contribution in [-0.2, 0) is 4.79 Å². The van der Waals surface area contributed by atoms with Gasteiger partial charge in [0.1, 0.15) is 0 Å². The van der Waals surface area contributed by atoms with Crippen molar-refractivity contribution in [3.63, 3.8) is 0 Å². The predicted molar refractivity (Wildman–Crippen MR) is 111 cm³/mol. The quantitative estimate of drug-likeness (QED) is 0.371. The molecule has 2 rings (SSSR count). The second-order valence-corrected chi connectivity index (χ2v) is 6.41. The highest BCUT2D eigenvalue weighted by Gasteiger charge is 2.14. The summed E-state index contributed by atoms with van der Waals surface area (Å²) >= 11 is 5.95. The van der Waals surface area contributed by atoms with Crippen molar-refractivity contribution in [3.8, 4) is 11.5 Å². The van der Waals surface area contributed by atoms with Crippen molar-refractivity contribution in [2.45, 2.75) is 13.3 Å². The van der Waals surface area contributed by atoms with E-state index in [2.05, 4.69) is 15.8 Å². The Morgan fingerprint density at radius 2 is 1.83 bits per heavy atom. The van der Waals surface area contributed by atoms with E-state index in [0.29, 0.717) is 17.2 Å². The molecule has 0 heterocycles. The number of carbonyl (C=O) groups excluding carboxylic acids is 2. The normalized spacial score (nSPS) is 10.9. The molecule has 0 spiro atoms. The summed E-state index contributed by atoms with van der Waals surface area (Å²) < 4.78 is 10.3. The predicted octanol–water partition coefficient (Wildman–Crippen LogP) is 3.40. The first-order chi connectivity index (χ1) is 14.2. The summed E-state index contributed by atoms with van der Waals surface area (Å²) in [5, 5.41) is 17.4. The molecule has 0 fully saturated rings. The lowest BCUT2D eigenvalue weighted by Crippen LogP contribution is -2.21. The number of benzene rings is 2. The Kier molecular flexibility index (Phi) is 7.70. The van der Waals surface area contributed by atoms with Gasteiger partial charge in [-0.15, -0.1) is 0 Å². The van der Waals surface area contributed by atoms with Crippen LogP contribution >= 0.6 is 11.6 Å². The monoisotopic (exact) mass is 434 g/mol. The summed E-state index contributed by atoms with van der Waals surface area (Å²) in [4.78, 5) is 34.7. The number of anilines is 1. The van der Waals surface area contributed by atoms with Gasteiger partial charge in [0.05, 0.1) is 36.3 Å². The number of hydrazone groups is 1. The first-order valence-corrected chi connectivity index (χ1v) is 8.92. The molecule has 0 aromatic heterocycles. The average Bonchev–Trinajstić information content (AvgIpc) is 2.72. The average molecular weight is 435 g/mol. The van der Waals surface area contributed by atoms with Crippen LogP contribution in [0.4, 0.5) is 11.4 Å². The van der Waals surface area contributed by atoms with Crippen LogP contribution in [0.1, 0.15) is 23.7 Å². The fourth-order valence-electron chi connectivity index (χ4n) is 2.38. The zero-order valence-electron chi connectivity index (χ0n) is 16.4. The molecular weight excluding hydrogens is 416 g/mol. The van der Waals surface area contributed by atoms with Crippen LogP contribution in [0.5, 0.6) is 11.5 Å². The summed E-state index contributed by atoms with van der Waals surface area (Å²) in [5.41, 5.74) is 2.85. The van der Waals surface area contributed by atoms with Gasteiger partial charge in [0, 0.05) is 23.4 Å². The van der Waals surface area contributed by atoms with Gasteiger partial charge in [-0.25, -0.2) is 5.43 Å². The lowest BCUT2D eigenvalue weighted by molar-refractivity contribution is -0.384. The summed E-state index contributed by atoms with van der Waals surface area (Å²) in [5.74, 6) is -0.138. The molecule has 2 N–H and O–H groups in total. The fraction of sp³-hybridized carbons (Fsp3) is 0.211. The molecule has 30 heavy (non-hydrogen) atoms. The molecule has 0 saturated carbocycles. The first kappa shape index (κ1) is 22.6. The van der Waals surface area contributed by atoms with Crippen LogP contribution in [0.15, 0.2) is 41.5 Å². The molecule has 10 nitrogen and oxygen atoms in total. The third-order valence-corrected chi connectivity index (χ3v) is 4.17. The van der Waals surface area contributed by atoms with Crippen molar-refractivity contribution >= 4 is 40.5 Å². The number of nitro benzene ring substituents is 1. The molecule has 0 aliphatic heterocycles. The lowest BCUT2D eigenvalue weighted by atomic mass is 10.2. The number of non-ortho nitro benzene ring substituents is 1. The second-order valence-electron chi connectivity index (χ2n) is 6.00. The fourth-order valence-corrected chi connectivity index (χ4v) is 2.54. The third kappa shape index (κ3) is 5.92. The van der Waals surface area contributed by atoms with E-state index in [1.165, 1.54) is 32.4 Å². The number of hydrogen-bond donors (Lipinski definition) is 2. The molecule has 2 aromatic carbocycles. The molecule has 0 saturated heterocycles. The zero-order chi connectivity index (χ0) is 22.3. The van der Waals surface area contributed by atoms with Crippen molar-refractivity contribution in [2.75, 3.05) is 19.5 Å². The molecule has 0 radical (unpaired) electrons. The van der Waals surface area contributed by atoms with Crippen molar-refractivity contribution in [1.29, 1.82) is 0 Å². The maximum Gasteiger partial charge on any atom is 0.271 e. The van der Waals surface area contributed by atoms with E-state index >= 15 is 0 Å². The van der Waals surface area contributed by atoms with Crippen LogP contribution in [-0.4, -0.2) is 36.7 Å². The number of carbonyl (C=O) groups is 2. The molecule has 158 valence electrons. The minimum absolute atomic E-state index is 0.109. The van der Waals surface area contributed by atoms with Crippen molar-refractivity contribution in [3.05, 3.63) is 57.1 Å². The maximum atomic E-state index is 12.2. The highest BCUT2D eigenvalue weighted by atomic mass is 35.5. The molecule has 2 aromatic rings. The third-order valence-electron chi connectivity index (χ3n) is 3.85. The number of rotatable bonds is 8. The minimum Gasteiger partial charge on any atom is -0.493 e. The van der Waals surface area contributed by atoms with Crippen molar-refractivity contribution < 1.29 is 24.0 Å². The number of hydrogen-bond acceptors (Lipinski definition) is 7. The van der Waals surface area contributed by atoms with Gasteiger partial charge in [-0.1, -0.05) is 11.6 Å². The van der Waals surface area contributed by atoms with E-state index in [0.717, 1.165) is 6.07 Å². The van der Waals surface area contributed by atoms with Crippen LogP contribution in [0.2, 0.25) is 5.02 Å². The Morgan fingerprint density at radius 3 is 2.47 bits per heavy atom. The van der Waals surface area contributed by atoms with Crippen molar-refractivity contribution in [1.82, 2.24) is 5.43 Å². The van der Waals surface area contributed by atoms with Crippen LogP contribution in [0, 0.1) is 10.1 Å². The van der Waals surface area contributed by atoms with E-state index in [9.17, 15) is 19.7 Å². The van der Waals surface area contributed by atoms with Crippen LogP contribution < -0.4 is 20.2 Å². The van der Waals surface area contributed by atoms with E-state index in [4.69, 9.17) is 21.1 Å². The van der Waals surface area contributed by atoms with Crippen LogP contribution in [0.3, 0.4) is 0 Å². The topological polar surface area (TPSA) is 132 Å². The first-order valence-electron chi connectivity index (χ1n) is 8.54. The van der Waals surface area contributed by atoms with E-state index in [1.54, 1.807) is 19.1 Å².